The van der Waals surface area contributed by atoms with Gasteiger partial charge < -0.3 is 26.0 Å². The Morgan fingerprint density at radius 3 is 2.70 bits per heavy atom. The number of aromatic nitrogens is 4. The molecule has 0 spiro atoms. The van der Waals surface area contributed by atoms with Gasteiger partial charge in [0.2, 0.25) is 0 Å². The summed E-state index contributed by atoms with van der Waals surface area (Å²) in [6.07, 6.45) is 3.42. The lowest BCUT2D eigenvalue weighted by Crippen LogP contribution is -2.37. The molecule has 37 heavy (non-hydrogen) atoms. The second-order valence-electron chi connectivity index (χ2n) is 9.38. The van der Waals surface area contributed by atoms with Crippen molar-refractivity contribution in [2.75, 3.05) is 43.0 Å². The van der Waals surface area contributed by atoms with E-state index in [0.717, 1.165) is 32.5 Å². The van der Waals surface area contributed by atoms with Crippen LogP contribution in [-0.4, -0.2) is 64.1 Å². The Kier molecular flexibility index (Phi) is 8.18. The number of nitrogens with zero attached hydrogens (tertiary/aromatic N) is 4. The van der Waals surface area contributed by atoms with Crippen LogP contribution in [0.2, 0.25) is 5.02 Å². The Morgan fingerprint density at radius 2 is 2.05 bits per heavy atom. The van der Waals surface area contributed by atoms with Gasteiger partial charge in [0.15, 0.2) is 5.82 Å². The number of carbonyl (C=O) groups excluding carboxylic acids is 1. The zero-order chi connectivity index (χ0) is 26.7. The van der Waals surface area contributed by atoms with Crippen molar-refractivity contribution in [3.05, 3.63) is 35.0 Å². The maximum atomic E-state index is 13.2. The number of benzene rings is 1. The van der Waals surface area contributed by atoms with Crippen molar-refractivity contribution in [1.29, 1.82) is 0 Å². The first-order valence-corrected chi connectivity index (χ1v) is 12.4. The van der Waals surface area contributed by atoms with Crippen molar-refractivity contribution in [2.45, 2.75) is 39.3 Å². The van der Waals surface area contributed by atoms with Crippen LogP contribution in [0.3, 0.4) is 0 Å². The molecule has 3 heterocycles. The smallest absolute Gasteiger partial charge is 0.387 e. The van der Waals surface area contributed by atoms with E-state index >= 15 is 0 Å². The Hall–Kier alpha value is -3.38. The molecule has 3 aromatic rings. The van der Waals surface area contributed by atoms with Gasteiger partial charge >= 0.3 is 6.61 Å². The number of nitrogen functional groups attached to an aromatic ring is 1. The molecular weight excluding hydrogens is 506 g/mol. The van der Waals surface area contributed by atoms with Crippen LogP contribution in [0.15, 0.2) is 24.4 Å². The maximum Gasteiger partial charge on any atom is 0.387 e. The summed E-state index contributed by atoms with van der Waals surface area (Å²) in [5.74, 6) is 0.277. The van der Waals surface area contributed by atoms with Crippen LogP contribution in [0.1, 0.15) is 43.1 Å². The molecule has 0 bridgehead atoms. The number of piperidine rings is 1. The van der Waals surface area contributed by atoms with Crippen LogP contribution < -0.4 is 21.1 Å². The predicted octanol–water partition coefficient (Wildman–Crippen LogP) is 4.70. The van der Waals surface area contributed by atoms with Crippen LogP contribution in [0.5, 0.6) is 5.75 Å². The highest BCUT2D eigenvalue weighted by Crippen LogP contribution is 2.38. The third kappa shape index (κ3) is 6.13. The number of nitrogens with two attached hydrogens (primary N) is 1. The van der Waals surface area contributed by atoms with Crippen molar-refractivity contribution >= 4 is 34.8 Å². The highest BCUT2D eigenvalue weighted by atomic mass is 35.5. The minimum absolute atomic E-state index is 0.0679. The largest absolute Gasteiger partial charge is 0.434 e. The number of hydrogen-bond acceptors (Lipinski definition) is 7. The van der Waals surface area contributed by atoms with Crippen LogP contribution >= 0.6 is 11.6 Å². The molecule has 2 aromatic heterocycles. The summed E-state index contributed by atoms with van der Waals surface area (Å²) < 4.78 is 32.9. The van der Waals surface area contributed by atoms with Crippen LogP contribution in [0, 0.1) is 5.92 Å². The standard InChI is InChI=1S/C24H31ClF2N8O2/c1-13(2)11-34-8-6-15(7-9-34)35-12-17(30-23(36)19-21(28)31-32-22(19)29-3)20(33-35)16-10-14(25)4-5-18(16)37-24(26)27/h4-5,10,12-13,15,24H,6-9,11H2,1-3H3,(H,30,36)(H4,28,29,31,32). The summed E-state index contributed by atoms with van der Waals surface area (Å²) in [7, 11) is 1.61. The quantitative estimate of drug-likeness (QED) is 0.312. The van der Waals surface area contributed by atoms with Gasteiger partial charge in [0, 0.05) is 43.5 Å². The van der Waals surface area contributed by atoms with Crippen molar-refractivity contribution in [3.8, 4) is 17.0 Å². The zero-order valence-electron chi connectivity index (χ0n) is 20.9. The van der Waals surface area contributed by atoms with Gasteiger partial charge in [-0.3, -0.25) is 14.6 Å². The lowest BCUT2D eigenvalue weighted by molar-refractivity contribution is -0.0494. The number of nitrogens with one attached hydrogen (secondary N) is 3. The van der Waals surface area contributed by atoms with Gasteiger partial charge in [-0.25, -0.2) is 0 Å². The van der Waals surface area contributed by atoms with E-state index in [9.17, 15) is 13.6 Å². The van der Waals surface area contributed by atoms with Crippen LogP contribution in [-0.2, 0) is 0 Å². The van der Waals surface area contributed by atoms with Crippen molar-refractivity contribution in [3.63, 3.8) is 0 Å². The van der Waals surface area contributed by atoms with Gasteiger partial charge in [-0.2, -0.15) is 19.0 Å². The molecule has 0 saturated carbocycles. The van der Waals surface area contributed by atoms with Crippen LogP contribution in [0.25, 0.3) is 11.3 Å². The molecule has 1 aromatic carbocycles. The van der Waals surface area contributed by atoms with E-state index in [1.807, 2.05) is 0 Å². The van der Waals surface area contributed by atoms with E-state index in [1.54, 1.807) is 17.9 Å². The minimum atomic E-state index is -3.05. The lowest BCUT2D eigenvalue weighted by Gasteiger charge is -2.33. The number of H-pyrrole nitrogens is 1. The Balaban J connectivity index is 1.71. The predicted molar refractivity (Wildman–Crippen MR) is 139 cm³/mol. The molecule has 1 amide bonds. The molecule has 5 N–H and O–H groups in total. The van der Waals surface area contributed by atoms with E-state index in [4.69, 9.17) is 27.2 Å². The molecule has 0 atom stereocenters. The fourth-order valence-electron chi connectivity index (χ4n) is 4.59. The molecule has 0 aliphatic carbocycles. The third-order valence-electron chi connectivity index (χ3n) is 6.21. The second-order valence-corrected chi connectivity index (χ2v) is 9.82. The number of hydrogen-bond donors (Lipinski definition) is 4. The molecule has 10 nitrogen and oxygen atoms in total. The SMILES string of the molecule is CNc1n[nH]c(N)c1C(=O)Nc1cn(C2CCN(CC(C)C)CC2)nc1-c1cc(Cl)ccc1OC(F)F. The van der Waals surface area contributed by atoms with Crippen LogP contribution in [0.4, 0.5) is 26.1 Å². The molecule has 0 radical (unpaired) electrons. The van der Waals surface area contributed by atoms with Gasteiger partial charge in [-0.1, -0.05) is 25.4 Å². The third-order valence-corrected chi connectivity index (χ3v) is 6.44. The summed E-state index contributed by atoms with van der Waals surface area (Å²) in [5, 5.41) is 17.2. The Labute approximate surface area is 218 Å². The van der Waals surface area contributed by atoms with Crippen molar-refractivity contribution in [1.82, 2.24) is 24.9 Å². The molecule has 1 aliphatic rings. The number of halogens is 3. The fraction of sp³-hybridized carbons (Fsp3) is 0.458. The lowest BCUT2D eigenvalue weighted by atomic mass is 10.0. The molecule has 1 aliphatic heterocycles. The van der Waals surface area contributed by atoms with E-state index in [-0.39, 0.29) is 40.2 Å². The van der Waals surface area contributed by atoms with Gasteiger partial charge in [0.25, 0.3) is 5.91 Å². The van der Waals surface area contributed by atoms with E-state index in [1.165, 1.54) is 18.2 Å². The molecule has 0 unspecified atom stereocenters. The Morgan fingerprint density at radius 1 is 1.32 bits per heavy atom. The maximum absolute atomic E-state index is 13.2. The van der Waals surface area contributed by atoms with Gasteiger partial charge in [0.05, 0.1) is 11.7 Å². The average Bonchev–Trinajstić information content (AvgIpc) is 3.43. The molecule has 4 rings (SSSR count). The highest BCUT2D eigenvalue weighted by Gasteiger charge is 2.27. The molecule has 1 saturated heterocycles. The number of likely N-dealkylation sites (tertiary alicyclic amines) is 1. The normalized spacial score (nSPS) is 14.9. The van der Waals surface area contributed by atoms with Gasteiger partial charge in [-0.15, -0.1) is 0 Å². The number of aromatic amines is 1. The Bertz CT molecular complexity index is 1240. The summed E-state index contributed by atoms with van der Waals surface area (Å²) in [6.45, 7) is 4.18. The molecule has 1 fully saturated rings. The van der Waals surface area contributed by atoms with Crippen molar-refractivity contribution in [2.24, 2.45) is 5.92 Å². The number of amides is 1. The molecule has 13 heteroatoms. The summed E-state index contributed by atoms with van der Waals surface area (Å²) in [6, 6.07) is 4.36. The zero-order valence-corrected chi connectivity index (χ0v) is 21.6. The topological polar surface area (TPSA) is 126 Å². The second kappa shape index (κ2) is 11.3. The molecule has 200 valence electrons. The number of anilines is 3. The monoisotopic (exact) mass is 536 g/mol. The summed E-state index contributed by atoms with van der Waals surface area (Å²) >= 11 is 6.21. The average molecular weight is 537 g/mol. The fourth-order valence-corrected chi connectivity index (χ4v) is 4.76. The van der Waals surface area contributed by atoms with Gasteiger partial charge in [-0.05, 0) is 37.0 Å². The van der Waals surface area contributed by atoms with Crippen molar-refractivity contribution < 1.29 is 18.3 Å². The van der Waals surface area contributed by atoms with E-state index in [0.29, 0.717) is 16.6 Å². The van der Waals surface area contributed by atoms with Gasteiger partial charge in [0.1, 0.15) is 22.8 Å². The first-order valence-electron chi connectivity index (χ1n) is 12.1. The first kappa shape index (κ1) is 26.7. The summed E-state index contributed by atoms with van der Waals surface area (Å²) in [5.41, 5.74) is 6.84. The number of alkyl halides is 2. The van der Waals surface area contributed by atoms with E-state index in [2.05, 4.69) is 39.6 Å². The van der Waals surface area contributed by atoms with E-state index < -0.39 is 12.5 Å². The first-order chi connectivity index (χ1) is 17.7. The highest BCUT2D eigenvalue weighted by molar-refractivity contribution is 6.31. The minimum Gasteiger partial charge on any atom is -0.434 e. The number of ether oxygens (including phenoxy) is 1. The summed E-state index contributed by atoms with van der Waals surface area (Å²) in [4.78, 5) is 15.6. The number of rotatable bonds is 9. The molecular formula is C24H31ClF2N8O2. The number of carbonyl (C=O) groups is 1.